The Balaban J connectivity index is 1.64. The number of hydrogen-bond donors (Lipinski definition) is 2. The molecule has 0 bridgehead atoms. The van der Waals surface area contributed by atoms with Crippen LogP contribution in [-0.2, 0) is 0 Å². The molecule has 0 aliphatic carbocycles. The van der Waals surface area contributed by atoms with Crippen LogP contribution in [-0.4, -0.2) is 30.0 Å². The molecule has 5 heteroatoms. The lowest BCUT2D eigenvalue weighted by molar-refractivity contribution is 0.0940. The zero-order valence-electron chi connectivity index (χ0n) is 11.9. The number of para-hydroxylation sites is 1. The molecule has 0 spiro atoms. The van der Waals surface area contributed by atoms with Gasteiger partial charge in [-0.25, -0.2) is 0 Å². The first-order valence-electron chi connectivity index (χ1n) is 7.09. The summed E-state index contributed by atoms with van der Waals surface area (Å²) in [4.78, 5) is 17.6. The van der Waals surface area contributed by atoms with E-state index < -0.39 is 0 Å². The number of amides is 1. The van der Waals surface area contributed by atoms with Crippen molar-refractivity contribution in [1.82, 2.24) is 10.3 Å². The van der Waals surface area contributed by atoms with Gasteiger partial charge in [0.2, 0.25) is 0 Å². The fourth-order valence-electron chi connectivity index (χ4n) is 2.77. The van der Waals surface area contributed by atoms with Crippen LogP contribution in [0.5, 0.6) is 0 Å². The molecule has 1 saturated heterocycles. The minimum Gasteiger partial charge on any atom is -0.368 e. The van der Waals surface area contributed by atoms with Crippen LogP contribution in [0, 0.1) is 6.92 Å². The predicted molar refractivity (Wildman–Crippen MR) is 87.8 cm³/mol. The number of aryl methyl sites for hydroxylation is 1. The lowest BCUT2D eigenvalue weighted by Gasteiger charge is -2.20. The van der Waals surface area contributed by atoms with Gasteiger partial charge in [0.05, 0.1) is 11.3 Å². The van der Waals surface area contributed by atoms with E-state index in [9.17, 15) is 4.79 Å². The number of nitrogens with one attached hydrogen (secondary N) is 2. The Bertz CT molecular complexity index is 652. The van der Waals surface area contributed by atoms with Crippen LogP contribution in [0.4, 0.5) is 5.69 Å². The number of carbonyl (C=O) groups excluding carboxylic acids is 1. The Morgan fingerprint density at radius 1 is 1.38 bits per heavy atom. The van der Waals surface area contributed by atoms with Crippen LogP contribution < -0.4 is 10.2 Å². The van der Waals surface area contributed by atoms with Crippen LogP contribution in [0.1, 0.15) is 22.5 Å². The molecule has 1 aliphatic rings. The fraction of sp³-hybridized carbons (Fsp3) is 0.312. The van der Waals surface area contributed by atoms with Crippen molar-refractivity contribution in [3.63, 3.8) is 0 Å². The number of aromatic amines is 1. The van der Waals surface area contributed by atoms with Gasteiger partial charge in [-0.2, -0.15) is 0 Å². The number of hydrogen-bond acceptors (Lipinski definition) is 2. The maximum Gasteiger partial charge on any atom is 0.253 e. The molecule has 2 aromatic rings. The highest BCUT2D eigenvalue weighted by Gasteiger charge is 2.25. The molecule has 0 radical (unpaired) electrons. The van der Waals surface area contributed by atoms with E-state index in [1.165, 1.54) is 5.69 Å². The highest BCUT2D eigenvalue weighted by molar-refractivity contribution is 9.10. The van der Waals surface area contributed by atoms with E-state index in [-0.39, 0.29) is 11.9 Å². The monoisotopic (exact) mass is 347 g/mol. The Hall–Kier alpha value is -1.75. The number of benzene rings is 1. The summed E-state index contributed by atoms with van der Waals surface area (Å²) in [5, 5.41) is 3.13. The van der Waals surface area contributed by atoms with Gasteiger partial charge in [-0.15, -0.1) is 0 Å². The largest absolute Gasteiger partial charge is 0.368 e. The van der Waals surface area contributed by atoms with E-state index in [1.54, 1.807) is 6.20 Å². The molecule has 1 aromatic carbocycles. The molecule has 4 nitrogen and oxygen atoms in total. The minimum atomic E-state index is 0.00715. The zero-order valence-corrected chi connectivity index (χ0v) is 13.5. The van der Waals surface area contributed by atoms with E-state index >= 15 is 0 Å². The van der Waals surface area contributed by atoms with Gasteiger partial charge < -0.3 is 15.2 Å². The first-order chi connectivity index (χ1) is 10.1. The summed E-state index contributed by atoms with van der Waals surface area (Å²) < 4.78 is 1.10. The third-order valence-corrected chi connectivity index (χ3v) is 4.59. The molecule has 1 fully saturated rings. The summed E-state index contributed by atoms with van der Waals surface area (Å²) in [5.74, 6) is 0.00715. The second-order valence-electron chi connectivity index (χ2n) is 5.37. The minimum absolute atomic E-state index is 0.00715. The van der Waals surface area contributed by atoms with Crippen molar-refractivity contribution < 1.29 is 4.79 Å². The summed E-state index contributed by atoms with van der Waals surface area (Å²) in [5.41, 5.74) is 2.83. The first-order valence-corrected chi connectivity index (χ1v) is 7.89. The van der Waals surface area contributed by atoms with Crippen LogP contribution >= 0.6 is 15.9 Å². The number of anilines is 1. The van der Waals surface area contributed by atoms with Crippen LogP contribution in [0.3, 0.4) is 0 Å². The molecular formula is C16H18BrN3O. The van der Waals surface area contributed by atoms with Gasteiger partial charge in [0.15, 0.2) is 0 Å². The van der Waals surface area contributed by atoms with Crippen molar-refractivity contribution in [1.29, 1.82) is 0 Å². The highest BCUT2D eigenvalue weighted by Crippen LogP contribution is 2.28. The number of carbonyl (C=O) groups is 1. The maximum atomic E-state index is 12.2. The number of halogens is 1. The molecular weight excluding hydrogens is 330 g/mol. The van der Waals surface area contributed by atoms with Crippen LogP contribution in [0.15, 0.2) is 41.0 Å². The van der Waals surface area contributed by atoms with Crippen molar-refractivity contribution in [3.05, 3.63) is 52.3 Å². The molecule has 2 N–H and O–H groups in total. The average molecular weight is 348 g/mol. The zero-order chi connectivity index (χ0) is 14.8. The highest BCUT2D eigenvalue weighted by atomic mass is 79.9. The number of H-pyrrole nitrogens is 1. The molecule has 1 atom stereocenters. The molecule has 1 amide bonds. The van der Waals surface area contributed by atoms with E-state index in [1.807, 2.05) is 31.2 Å². The molecule has 0 saturated carbocycles. The van der Waals surface area contributed by atoms with E-state index in [4.69, 9.17) is 0 Å². The molecule has 21 heavy (non-hydrogen) atoms. The Kier molecular flexibility index (Phi) is 4.01. The second kappa shape index (κ2) is 5.93. The Morgan fingerprint density at radius 3 is 2.90 bits per heavy atom. The van der Waals surface area contributed by atoms with Gasteiger partial charge in [0.1, 0.15) is 0 Å². The predicted octanol–water partition coefficient (Wildman–Crippen LogP) is 3.09. The van der Waals surface area contributed by atoms with Crippen LogP contribution in [0.25, 0.3) is 0 Å². The lowest BCUT2D eigenvalue weighted by atomic mass is 10.2. The van der Waals surface area contributed by atoms with E-state index in [2.05, 4.69) is 37.2 Å². The first kappa shape index (κ1) is 14.2. The van der Waals surface area contributed by atoms with E-state index in [0.29, 0.717) is 0 Å². The standard InChI is InChI=1S/C16H18BrN3O/c1-11-13(6-8-18-11)16(21)19-12-7-9-20(10-12)15-5-3-2-4-14(15)17/h2-6,8,12,18H,7,9-10H2,1H3,(H,19,21)/t12-/m0/s1. The van der Waals surface area contributed by atoms with Gasteiger partial charge in [-0.1, -0.05) is 12.1 Å². The van der Waals surface area contributed by atoms with Crippen molar-refractivity contribution >= 4 is 27.5 Å². The number of rotatable bonds is 3. The molecule has 3 rings (SSSR count). The maximum absolute atomic E-state index is 12.2. The van der Waals surface area contributed by atoms with Gasteiger partial charge in [0, 0.05) is 35.5 Å². The van der Waals surface area contributed by atoms with Gasteiger partial charge >= 0.3 is 0 Å². The normalized spacial score (nSPS) is 18.0. The molecule has 0 unspecified atom stereocenters. The summed E-state index contributed by atoms with van der Waals surface area (Å²) in [6.45, 7) is 3.72. The summed E-state index contributed by atoms with van der Waals surface area (Å²) in [7, 11) is 0. The molecule has 1 aliphatic heterocycles. The lowest BCUT2D eigenvalue weighted by Crippen LogP contribution is -2.37. The third-order valence-electron chi connectivity index (χ3n) is 3.92. The number of nitrogens with zero attached hydrogens (tertiary/aromatic N) is 1. The Labute approximate surface area is 132 Å². The number of aromatic nitrogens is 1. The molecule has 110 valence electrons. The van der Waals surface area contributed by atoms with Crippen molar-refractivity contribution in [2.75, 3.05) is 18.0 Å². The Morgan fingerprint density at radius 2 is 2.19 bits per heavy atom. The fourth-order valence-corrected chi connectivity index (χ4v) is 3.30. The van der Waals surface area contributed by atoms with Gasteiger partial charge in [-0.3, -0.25) is 4.79 Å². The van der Waals surface area contributed by atoms with Crippen LogP contribution in [0.2, 0.25) is 0 Å². The van der Waals surface area contributed by atoms with Gasteiger partial charge in [-0.05, 0) is 47.5 Å². The molecule has 2 heterocycles. The van der Waals surface area contributed by atoms with Crippen molar-refractivity contribution in [2.24, 2.45) is 0 Å². The SMILES string of the molecule is Cc1[nH]ccc1C(=O)N[C@H]1CCN(c2ccccc2Br)C1. The quantitative estimate of drug-likeness (QED) is 0.896. The smallest absolute Gasteiger partial charge is 0.253 e. The molecule has 1 aromatic heterocycles. The second-order valence-corrected chi connectivity index (χ2v) is 6.23. The average Bonchev–Trinajstić information content (AvgIpc) is 3.08. The summed E-state index contributed by atoms with van der Waals surface area (Å²) in [6, 6.07) is 10.2. The summed E-state index contributed by atoms with van der Waals surface area (Å²) in [6.07, 6.45) is 2.77. The summed E-state index contributed by atoms with van der Waals surface area (Å²) >= 11 is 3.58. The topological polar surface area (TPSA) is 48.1 Å². The van der Waals surface area contributed by atoms with Crippen molar-refractivity contribution in [2.45, 2.75) is 19.4 Å². The van der Waals surface area contributed by atoms with Gasteiger partial charge in [0.25, 0.3) is 5.91 Å². The van der Waals surface area contributed by atoms with Crippen molar-refractivity contribution in [3.8, 4) is 0 Å². The van der Waals surface area contributed by atoms with E-state index in [0.717, 1.165) is 35.2 Å². The third kappa shape index (κ3) is 2.97.